The maximum Gasteiger partial charge on any atom is 0.225 e. The molecule has 0 atom stereocenters. The summed E-state index contributed by atoms with van der Waals surface area (Å²) in [6.45, 7) is 6.15. The van der Waals surface area contributed by atoms with Crippen LogP contribution in [-0.4, -0.2) is 25.1 Å². The lowest BCUT2D eigenvalue weighted by molar-refractivity contribution is 0.577. The molecule has 0 aliphatic carbocycles. The van der Waals surface area contributed by atoms with Crippen LogP contribution in [0.1, 0.15) is 20.8 Å². The Balaban J connectivity index is 2.08. The van der Waals surface area contributed by atoms with Gasteiger partial charge in [-0.2, -0.15) is 9.50 Å². The average Bonchev–Trinajstić information content (AvgIpc) is 2.93. The molecule has 7 heteroatoms. The van der Waals surface area contributed by atoms with Gasteiger partial charge in [-0.3, -0.25) is 0 Å². The molecular weight excluding hydrogens is 256 g/mol. The van der Waals surface area contributed by atoms with Gasteiger partial charge in [-0.05, 0) is 32.9 Å². The highest BCUT2D eigenvalue weighted by atomic mass is 16.3. The second kappa shape index (κ2) is 4.22. The second-order valence-corrected chi connectivity index (χ2v) is 5.56. The van der Waals surface area contributed by atoms with Gasteiger partial charge in [-0.15, -0.1) is 5.10 Å². The van der Waals surface area contributed by atoms with Crippen molar-refractivity contribution in [2.75, 3.05) is 11.1 Å². The molecule has 0 saturated carbocycles. The number of anilines is 2. The van der Waals surface area contributed by atoms with Crippen LogP contribution in [0.3, 0.4) is 0 Å². The molecule has 20 heavy (non-hydrogen) atoms. The van der Waals surface area contributed by atoms with Crippen LogP contribution in [0.25, 0.3) is 17.2 Å². The Labute approximate surface area is 115 Å². The van der Waals surface area contributed by atoms with E-state index < -0.39 is 0 Å². The summed E-state index contributed by atoms with van der Waals surface area (Å²) in [5, 5.41) is 7.55. The molecule has 0 bridgehead atoms. The van der Waals surface area contributed by atoms with Crippen molar-refractivity contribution in [3.8, 4) is 11.6 Å². The van der Waals surface area contributed by atoms with Crippen molar-refractivity contribution >= 4 is 17.4 Å². The van der Waals surface area contributed by atoms with E-state index in [1.807, 2.05) is 20.8 Å². The summed E-state index contributed by atoms with van der Waals surface area (Å²) in [5.41, 5.74) is 6.43. The zero-order chi connectivity index (χ0) is 14.3. The average molecular weight is 272 g/mol. The predicted octanol–water partition coefficient (Wildman–Crippen LogP) is 2.18. The first kappa shape index (κ1) is 12.5. The van der Waals surface area contributed by atoms with Gasteiger partial charge in [0.2, 0.25) is 11.8 Å². The topological polar surface area (TPSA) is 94.3 Å². The van der Waals surface area contributed by atoms with Gasteiger partial charge in [0.05, 0.1) is 6.26 Å². The molecule has 0 aliphatic heterocycles. The highest BCUT2D eigenvalue weighted by molar-refractivity contribution is 5.59. The second-order valence-electron chi connectivity index (χ2n) is 5.56. The summed E-state index contributed by atoms with van der Waals surface area (Å²) in [6.07, 6.45) is 1.58. The van der Waals surface area contributed by atoms with Crippen LogP contribution in [0.2, 0.25) is 0 Å². The molecule has 0 amide bonds. The molecule has 3 N–H and O–H groups in total. The van der Waals surface area contributed by atoms with Gasteiger partial charge in [0, 0.05) is 11.6 Å². The molecule has 0 radical (unpaired) electrons. The molecule has 0 spiro atoms. The first-order chi connectivity index (χ1) is 9.42. The largest absolute Gasteiger partial charge is 0.461 e. The molecule has 0 saturated heterocycles. The van der Waals surface area contributed by atoms with Crippen LogP contribution in [-0.2, 0) is 0 Å². The van der Waals surface area contributed by atoms with Gasteiger partial charge < -0.3 is 15.5 Å². The highest BCUT2D eigenvalue weighted by Gasteiger charge is 2.15. The van der Waals surface area contributed by atoms with Crippen LogP contribution in [0.15, 0.2) is 28.9 Å². The highest BCUT2D eigenvalue weighted by Crippen LogP contribution is 2.20. The Hall–Kier alpha value is -2.57. The van der Waals surface area contributed by atoms with E-state index in [1.54, 1.807) is 24.5 Å². The molecule has 0 aromatic carbocycles. The quantitative estimate of drug-likeness (QED) is 0.742. The molecule has 7 nitrogen and oxygen atoms in total. The Morgan fingerprint density at radius 2 is 2.10 bits per heavy atom. The third kappa shape index (κ3) is 2.29. The molecule has 0 fully saturated rings. The Morgan fingerprint density at radius 3 is 2.75 bits per heavy atom. The van der Waals surface area contributed by atoms with E-state index >= 15 is 0 Å². The van der Waals surface area contributed by atoms with Crippen LogP contribution >= 0.6 is 0 Å². The van der Waals surface area contributed by atoms with E-state index in [1.165, 1.54) is 4.52 Å². The third-order valence-corrected chi connectivity index (χ3v) is 2.59. The van der Waals surface area contributed by atoms with Gasteiger partial charge in [0.15, 0.2) is 11.4 Å². The zero-order valence-electron chi connectivity index (χ0n) is 11.6. The lowest BCUT2D eigenvalue weighted by Crippen LogP contribution is -2.27. The minimum Gasteiger partial charge on any atom is -0.461 e. The van der Waals surface area contributed by atoms with E-state index in [4.69, 9.17) is 10.2 Å². The predicted molar refractivity (Wildman–Crippen MR) is 76.3 cm³/mol. The van der Waals surface area contributed by atoms with Gasteiger partial charge >= 0.3 is 0 Å². The van der Waals surface area contributed by atoms with Crippen molar-refractivity contribution in [1.29, 1.82) is 0 Å². The molecule has 3 heterocycles. The molecular formula is C13H16N6O. The van der Waals surface area contributed by atoms with Crippen molar-refractivity contribution in [3.63, 3.8) is 0 Å². The lowest BCUT2D eigenvalue weighted by atomic mass is 10.1. The number of aromatic nitrogens is 4. The van der Waals surface area contributed by atoms with Crippen molar-refractivity contribution in [1.82, 2.24) is 19.6 Å². The molecule has 3 rings (SSSR count). The normalized spacial score (nSPS) is 11.9. The van der Waals surface area contributed by atoms with E-state index in [0.29, 0.717) is 23.0 Å². The van der Waals surface area contributed by atoms with Gasteiger partial charge in [-0.1, -0.05) is 0 Å². The number of rotatable bonds is 2. The monoisotopic (exact) mass is 272 g/mol. The van der Waals surface area contributed by atoms with Gasteiger partial charge in [0.1, 0.15) is 5.82 Å². The summed E-state index contributed by atoms with van der Waals surface area (Å²) in [4.78, 5) is 8.68. The summed E-state index contributed by atoms with van der Waals surface area (Å²) < 4.78 is 6.78. The summed E-state index contributed by atoms with van der Waals surface area (Å²) in [7, 11) is 0. The number of hydrogen-bond donors (Lipinski definition) is 2. The number of furan rings is 1. The number of fused-ring (bicyclic) bond motifs is 1. The fourth-order valence-corrected chi connectivity index (χ4v) is 1.87. The third-order valence-electron chi connectivity index (χ3n) is 2.59. The molecule has 0 unspecified atom stereocenters. The molecule has 3 aromatic heterocycles. The fourth-order valence-electron chi connectivity index (χ4n) is 1.87. The van der Waals surface area contributed by atoms with Crippen molar-refractivity contribution in [3.05, 3.63) is 24.5 Å². The Morgan fingerprint density at radius 1 is 1.30 bits per heavy atom. The van der Waals surface area contributed by atoms with Crippen molar-refractivity contribution in [2.24, 2.45) is 0 Å². The van der Waals surface area contributed by atoms with E-state index in [2.05, 4.69) is 20.4 Å². The minimum atomic E-state index is -0.109. The summed E-state index contributed by atoms with van der Waals surface area (Å²) >= 11 is 0. The first-order valence-corrected chi connectivity index (χ1v) is 6.28. The maximum atomic E-state index is 5.92. The van der Waals surface area contributed by atoms with Gasteiger partial charge in [0.25, 0.3) is 0 Å². The standard InChI is InChI=1S/C13H16N6O/c1-13(2,3)17-9-7-10-16-11(8-5-4-6-20-8)18-19(10)12(14)15-9/h4-7,17H,1-3H3,(H2,14,15). The number of nitrogen functional groups attached to an aromatic ring is 1. The van der Waals surface area contributed by atoms with Crippen LogP contribution in [0.5, 0.6) is 0 Å². The maximum absolute atomic E-state index is 5.92. The van der Waals surface area contributed by atoms with Gasteiger partial charge in [-0.25, -0.2) is 4.98 Å². The van der Waals surface area contributed by atoms with Crippen LogP contribution in [0.4, 0.5) is 11.8 Å². The SMILES string of the molecule is CC(C)(C)Nc1cc2nc(-c3ccco3)nn2c(N)n1. The number of nitrogens with two attached hydrogens (primary N) is 1. The molecule has 3 aromatic rings. The summed E-state index contributed by atoms with van der Waals surface area (Å²) in [5.74, 6) is 2.02. The van der Waals surface area contributed by atoms with E-state index in [-0.39, 0.29) is 11.5 Å². The minimum absolute atomic E-state index is 0.109. The van der Waals surface area contributed by atoms with Crippen LogP contribution < -0.4 is 11.1 Å². The Bertz CT molecular complexity index is 738. The zero-order valence-corrected chi connectivity index (χ0v) is 11.6. The number of hydrogen-bond acceptors (Lipinski definition) is 6. The number of nitrogens with zero attached hydrogens (tertiary/aromatic N) is 4. The summed E-state index contributed by atoms with van der Waals surface area (Å²) in [6, 6.07) is 5.39. The first-order valence-electron chi connectivity index (χ1n) is 6.28. The smallest absolute Gasteiger partial charge is 0.225 e. The van der Waals surface area contributed by atoms with E-state index in [9.17, 15) is 0 Å². The fraction of sp³-hybridized carbons (Fsp3) is 0.308. The molecule has 104 valence electrons. The van der Waals surface area contributed by atoms with Crippen LogP contribution in [0, 0.1) is 0 Å². The molecule has 0 aliphatic rings. The Kier molecular flexibility index (Phi) is 2.63. The number of nitrogens with one attached hydrogen (secondary N) is 1. The lowest BCUT2D eigenvalue weighted by Gasteiger charge is -2.21. The van der Waals surface area contributed by atoms with Crippen molar-refractivity contribution < 1.29 is 4.42 Å². The van der Waals surface area contributed by atoms with Crippen molar-refractivity contribution in [2.45, 2.75) is 26.3 Å². The van der Waals surface area contributed by atoms with E-state index in [0.717, 1.165) is 0 Å².